The number of aryl methyl sites for hydroxylation is 1. The molecule has 1 aliphatic rings. The maximum absolute atomic E-state index is 5.54. The first-order valence-electron chi connectivity index (χ1n) is 4.80. The molecule has 1 aromatic heterocycles. The zero-order valence-corrected chi connectivity index (χ0v) is 9.52. The number of nitrogens with one attached hydrogen (secondary N) is 1. The molecule has 0 spiro atoms. The third kappa shape index (κ3) is 1.74. The van der Waals surface area contributed by atoms with E-state index in [1.807, 2.05) is 6.92 Å². The van der Waals surface area contributed by atoms with Crippen LogP contribution in [0.3, 0.4) is 0 Å². The average molecular weight is 213 g/mol. The minimum atomic E-state index is 0.00593. The fourth-order valence-corrected chi connectivity index (χ4v) is 2.32. The van der Waals surface area contributed by atoms with Gasteiger partial charge >= 0.3 is 0 Å². The smallest absolute Gasteiger partial charge is 0.206 e. The van der Waals surface area contributed by atoms with E-state index in [9.17, 15) is 0 Å². The van der Waals surface area contributed by atoms with Crippen LogP contribution in [0.1, 0.15) is 25.3 Å². The Kier molecular flexibility index (Phi) is 2.45. The lowest BCUT2D eigenvalue weighted by Gasteiger charge is -2.28. The van der Waals surface area contributed by atoms with Crippen molar-refractivity contribution in [1.29, 1.82) is 0 Å². The van der Waals surface area contributed by atoms with Gasteiger partial charge in [0.25, 0.3) is 0 Å². The summed E-state index contributed by atoms with van der Waals surface area (Å²) in [6.07, 6.45) is 1.25. The van der Waals surface area contributed by atoms with Gasteiger partial charge in [-0.3, -0.25) is 0 Å². The molecule has 78 valence electrons. The van der Waals surface area contributed by atoms with Crippen molar-refractivity contribution < 1.29 is 4.74 Å². The van der Waals surface area contributed by atoms with Crippen LogP contribution in [0.4, 0.5) is 5.13 Å². The zero-order valence-electron chi connectivity index (χ0n) is 8.70. The van der Waals surface area contributed by atoms with E-state index < -0.39 is 0 Å². The molecular weight excluding hydrogens is 198 g/mol. The summed E-state index contributed by atoms with van der Waals surface area (Å²) in [5.41, 5.74) is 0.00593. The molecular formula is C9H15N3OS. The highest BCUT2D eigenvalue weighted by molar-refractivity contribution is 7.15. The molecule has 0 saturated carbocycles. The molecule has 2 heterocycles. The lowest BCUT2D eigenvalue weighted by atomic mass is 9.95. The molecule has 1 fully saturated rings. The van der Waals surface area contributed by atoms with Gasteiger partial charge in [-0.25, -0.2) is 0 Å². The highest BCUT2D eigenvalue weighted by Crippen LogP contribution is 2.30. The Hall–Kier alpha value is -0.680. The average Bonchev–Trinajstić information content (AvgIpc) is 2.62. The van der Waals surface area contributed by atoms with Gasteiger partial charge in [0.2, 0.25) is 5.13 Å². The minimum absolute atomic E-state index is 0.00593. The van der Waals surface area contributed by atoms with Gasteiger partial charge in [-0.2, -0.15) is 0 Å². The second-order valence-corrected chi connectivity index (χ2v) is 5.11. The molecule has 2 atom stereocenters. The van der Waals surface area contributed by atoms with E-state index in [1.54, 1.807) is 11.3 Å². The molecule has 14 heavy (non-hydrogen) atoms. The number of ether oxygens (including phenoxy) is 1. The van der Waals surface area contributed by atoms with Crippen molar-refractivity contribution in [3.8, 4) is 0 Å². The van der Waals surface area contributed by atoms with Gasteiger partial charge in [0.15, 0.2) is 0 Å². The van der Waals surface area contributed by atoms with Crippen molar-refractivity contribution in [2.75, 3.05) is 11.9 Å². The van der Waals surface area contributed by atoms with Crippen LogP contribution >= 0.6 is 11.3 Å². The number of aromatic nitrogens is 2. The van der Waals surface area contributed by atoms with Crippen LogP contribution in [-0.2, 0) is 4.74 Å². The first kappa shape index (κ1) is 9.86. The zero-order chi connectivity index (χ0) is 10.2. The van der Waals surface area contributed by atoms with Crippen molar-refractivity contribution in [3.63, 3.8) is 0 Å². The van der Waals surface area contributed by atoms with E-state index in [2.05, 4.69) is 29.4 Å². The maximum atomic E-state index is 5.54. The van der Waals surface area contributed by atoms with Gasteiger partial charge in [0.05, 0.1) is 11.6 Å². The molecule has 1 aromatic rings. The summed E-state index contributed by atoms with van der Waals surface area (Å²) in [7, 11) is 0. The van der Waals surface area contributed by atoms with Crippen molar-refractivity contribution in [2.45, 2.75) is 38.8 Å². The fraction of sp³-hybridized carbons (Fsp3) is 0.778. The normalized spacial score (nSPS) is 32.1. The molecule has 0 aromatic carbocycles. The number of rotatable bonds is 2. The molecule has 1 saturated heterocycles. The first-order valence-corrected chi connectivity index (χ1v) is 5.62. The van der Waals surface area contributed by atoms with E-state index in [1.165, 1.54) is 0 Å². The SMILES string of the molecule is Cc1nnc(NC2(C)CCOC2C)s1. The molecule has 1 aliphatic heterocycles. The molecule has 0 bridgehead atoms. The van der Waals surface area contributed by atoms with Crippen LogP contribution in [0, 0.1) is 6.92 Å². The van der Waals surface area contributed by atoms with E-state index in [0.717, 1.165) is 23.2 Å². The van der Waals surface area contributed by atoms with Crippen LogP contribution in [0.2, 0.25) is 0 Å². The predicted octanol–water partition coefficient (Wildman–Crippen LogP) is 1.83. The van der Waals surface area contributed by atoms with Gasteiger partial charge in [-0.15, -0.1) is 10.2 Å². The summed E-state index contributed by atoms with van der Waals surface area (Å²) < 4.78 is 5.54. The van der Waals surface area contributed by atoms with Crippen molar-refractivity contribution in [3.05, 3.63) is 5.01 Å². The van der Waals surface area contributed by atoms with Crippen molar-refractivity contribution in [1.82, 2.24) is 10.2 Å². The third-order valence-electron chi connectivity index (χ3n) is 2.81. The quantitative estimate of drug-likeness (QED) is 0.814. The number of hydrogen-bond donors (Lipinski definition) is 1. The van der Waals surface area contributed by atoms with Crippen LogP contribution in [0.15, 0.2) is 0 Å². The van der Waals surface area contributed by atoms with Crippen LogP contribution < -0.4 is 5.32 Å². The van der Waals surface area contributed by atoms with Gasteiger partial charge < -0.3 is 10.1 Å². The Morgan fingerprint density at radius 2 is 2.36 bits per heavy atom. The van der Waals surface area contributed by atoms with Gasteiger partial charge in [0, 0.05) is 6.61 Å². The highest BCUT2D eigenvalue weighted by Gasteiger charge is 2.37. The Labute approximate surface area is 87.7 Å². The van der Waals surface area contributed by atoms with E-state index in [0.29, 0.717) is 0 Å². The van der Waals surface area contributed by atoms with E-state index >= 15 is 0 Å². The Balaban J connectivity index is 2.10. The lowest BCUT2D eigenvalue weighted by molar-refractivity contribution is 0.105. The molecule has 0 amide bonds. The summed E-state index contributed by atoms with van der Waals surface area (Å²) in [6.45, 7) is 7.04. The van der Waals surface area contributed by atoms with E-state index in [4.69, 9.17) is 4.74 Å². The number of hydrogen-bond acceptors (Lipinski definition) is 5. The van der Waals surface area contributed by atoms with Crippen molar-refractivity contribution >= 4 is 16.5 Å². The molecule has 0 aliphatic carbocycles. The summed E-state index contributed by atoms with van der Waals surface area (Å²) in [6, 6.07) is 0. The van der Waals surface area contributed by atoms with E-state index in [-0.39, 0.29) is 11.6 Å². The highest BCUT2D eigenvalue weighted by atomic mass is 32.1. The Bertz CT molecular complexity index is 328. The van der Waals surface area contributed by atoms with Gasteiger partial charge in [0.1, 0.15) is 5.01 Å². The summed E-state index contributed by atoms with van der Waals surface area (Å²) >= 11 is 1.59. The molecule has 1 N–H and O–H groups in total. The Morgan fingerprint density at radius 3 is 2.86 bits per heavy atom. The Morgan fingerprint density at radius 1 is 1.57 bits per heavy atom. The van der Waals surface area contributed by atoms with Crippen LogP contribution in [0.25, 0.3) is 0 Å². The second kappa shape index (κ2) is 3.47. The molecule has 2 unspecified atom stereocenters. The minimum Gasteiger partial charge on any atom is -0.376 e. The second-order valence-electron chi connectivity index (χ2n) is 3.93. The number of anilines is 1. The van der Waals surface area contributed by atoms with Gasteiger partial charge in [-0.1, -0.05) is 11.3 Å². The summed E-state index contributed by atoms with van der Waals surface area (Å²) in [4.78, 5) is 0. The predicted molar refractivity (Wildman–Crippen MR) is 56.7 cm³/mol. The molecule has 5 heteroatoms. The number of nitrogens with zero attached hydrogens (tertiary/aromatic N) is 2. The standard InChI is InChI=1S/C9H15N3OS/c1-6-9(3,4-5-13-6)10-8-12-11-7(2)14-8/h6H,4-5H2,1-3H3,(H,10,12). The van der Waals surface area contributed by atoms with Crippen molar-refractivity contribution in [2.24, 2.45) is 0 Å². The monoisotopic (exact) mass is 213 g/mol. The topological polar surface area (TPSA) is 47.0 Å². The largest absolute Gasteiger partial charge is 0.376 e. The maximum Gasteiger partial charge on any atom is 0.206 e. The summed E-state index contributed by atoms with van der Waals surface area (Å²) in [5.74, 6) is 0. The third-order valence-corrected chi connectivity index (χ3v) is 3.56. The van der Waals surface area contributed by atoms with Crippen LogP contribution in [0.5, 0.6) is 0 Å². The first-order chi connectivity index (χ1) is 6.60. The molecule has 4 nitrogen and oxygen atoms in total. The van der Waals surface area contributed by atoms with Gasteiger partial charge in [-0.05, 0) is 27.2 Å². The molecule has 0 radical (unpaired) electrons. The molecule has 2 rings (SSSR count). The summed E-state index contributed by atoms with van der Waals surface area (Å²) in [5, 5.41) is 13.3. The van der Waals surface area contributed by atoms with Crippen LogP contribution in [-0.4, -0.2) is 28.4 Å². The lowest BCUT2D eigenvalue weighted by Crippen LogP contribution is -2.41. The fourth-order valence-electron chi connectivity index (χ4n) is 1.59.